The number of methoxy groups -OCH3 is 1. The number of nitrogens with zero attached hydrogens (tertiary/aromatic N) is 5. The molecular weight excluding hydrogens is 627 g/mol. The minimum Gasteiger partial charge on any atom is -0.493 e. The number of hydrogen-bond donors (Lipinski definition) is 0. The Labute approximate surface area is 283 Å². The maximum absolute atomic E-state index is 13.3. The molecule has 0 N–H and O–H groups in total. The normalized spacial score (nSPS) is 14.2. The van der Waals surface area contributed by atoms with Gasteiger partial charge in [-0.15, -0.1) is 23.5 Å². The van der Waals surface area contributed by atoms with Crippen LogP contribution in [0.3, 0.4) is 0 Å². The van der Waals surface area contributed by atoms with E-state index in [-0.39, 0.29) is 5.97 Å². The van der Waals surface area contributed by atoms with Crippen LogP contribution in [-0.4, -0.2) is 43.8 Å². The zero-order chi connectivity index (χ0) is 32.8. The molecule has 0 unspecified atom stereocenters. The minimum absolute atomic E-state index is 0.332. The van der Waals surface area contributed by atoms with Crippen molar-refractivity contribution in [1.82, 2.24) is 24.1 Å². The molecule has 8 nitrogen and oxygen atoms in total. The second kappa shape index (κ2) is 12.8. The van der Waals surface area contributed by atoms with Crippen LogP contribution in [0.5, 0.6) is 5.75 Å². The van der Waals surface area contributed by atoms with Crippen molar-refractivity contribution >= 4 is 51.2 Å². The van der Waals surface area contributed by atoms with E-state index in [1.165, 1.54) is 12.8 Å². The lowest BCUT2D eigenvalue weighted by atomic mass is 9.94. The van der Waals surface area contributed by atoms with Gasteiger partial charge in [-0.05, 0) is 61.4 Å². The third-order valence-electron chi connectivity index (χ3n) is 9.17. The summed E-state index contributed by atoms with van der Waals surface area (Å²) in [5.74, 6) is 2.93. The highest BCUT2D eigenvalue weighted by Gasteiger charge is 2.27. The molecule has 0 amide bonds. The van der Waals surface area contributed by atoms with Gasteiger partial charge in [-0.2, -0.15) is 10.2 Å². The van der Waals surface area contributed by atoms with Crippen molar-refractivity contribution in [3.05, 3.63) is 94.2 Å². The number of aryl methyl sites for hydroxylation is 6. The molecule has 3 aromatic heterocycles. The largest absolute Gasteiger partial charge is 0.493 e. The lowest BCUT2D eigenvalue weighted by Gasteiger charge is -2.13. The molecule has 0 radical (unpaired) electrons. The Bertz CT molecular complexity index is 2160. The number of thioether (sulfide) groups is 2. The van der Waals surface area contributed by atoms with Crippen molar-refractivity contribution < 1.29 is 14.3 Å². The van der Waals surface area contributed by atoms with Crippen LogP contribution >= 0.6 is 23.5 Å². The van der Waals surface area contributed by atoms with Crippen LogP contribution in [0.1, 0.15) is 50.8 Å². The molecule has 0 aliphatic carbocycles. The molecule has 0 saturated heterocycles. The van der Waals surface area contributed by atoms with Crippen molar-refractivity contribution in [2.24, 2.45) is 21.1 Å². The summed E-state index contributed by atoms with van der Waals surface area (Å²) >= 11 is 3.64. The van der Waals surface area contributed by atoms with E-state index in [1.54, 1.807) is 11.8 Å². The Morgan fingerprint density at radius 2 is 1.74 bits per heavy atom. The SMILES string of the molecule is COC(=O)c1c2c3ccc(C)c(c3n1C)-c1c(C)nn(C)c1CSCc1cc(n(C)n1)CSc1cc(c3ccccc3c1)OCCC2. The van der Waals surface area contributed by atoms with Gasteiger partial charge in [0, 0.05) is 70.9 Å². The average Bonchev–Trinajstić information content (AvgIpc) is 3.66. The summed E-state index contributed by atoms with van der Waals surface area (Å²) in [6.07, 6.45) is 1.41. The topological polar surface area (TPSA) is 76.1 Å². The van der Waals surface area contributed by atoms with Gasteiger partial charge in [0.05, 0.1) is 36.3 Å². The number of carbonyl (C=O) groups excluding carboxylic acids is 1. The molecule has 0 fully saturated rings. The average molecular weight is 666 g/mol. The molecule has 1 aliphatic rings. The first-order chi connectivity index (χ1) is 22.7. The predicted octanol–water partition coefficient (Wildman–Crippen LogP) is 7.92. The van der Waals surface area contributed by atoms with E-state index in [1.807, 2.05) is 46.8 Å². The van der Waals surface area contributed by atoms with Gasteiger partial charge in [0.25, 0.3) is 0 Å². The van der Waals surface area contributed by atoms with Crippen molar-refractivity contribution in [2.75, 3.05) is 13.7 Å². The van der Waals surface area contributed by atoms with Crippen molar-refractivity contribution in [3.8, 4) is 16.9 Å². The molecule has 0 atom stereocenters. The summed E-state index contributed by atoms with van der Waals surface area (Å²) in [4.78, 5) is 14.5. The van der Waals surface area contributed by atoms with Crippen LogP contribution in [0.25, 0.3) is 32.8 Å². The molecule has 47 heavy (non-hydrogen) atoms. The van der Waals surface area contributed by atoms with Gasteiger partial charge in [0.2, 0.25) is 0 Å². The first-order valence-electron chi connectivity index (χ1n) is 15.8. The van der Waals surface area contributed by atoms with E-state index < -0.39 is 0 Å². The van der Waals surface area contributed by atoms with Crippen LogP contribution < -0.4 is 4.74 Å². The molecule has 0 saturated carbocycles. The van der Waals surface area contributed by atoms with Gasteiger partial charge in [-0.25, -0.2) is 4.79 Å². The lowest BCUT2D eigenvalue weighted by Crippen LogP contribution is -2.11. The first-order valence-corrected chi connectivity index (χ1v) is 18.0. The molecule has 3 aromatic carbocycles. The van der Waals surface area contributed by atoms with E-state index in [0.29, 0.717) is 18.7 Å². The number of esters is 1. The fourth-order valence-electron chi connectivity index (χ4n) is 6.92. The number of aromatic nitrogens is 5. The van der Waals surface area contributed by atoms with Crippen LogP contribution in [0, 0.1) is 13.8 Å². The van der Waals surface area contributed by atoms with E-state index in [2.05, 4.69) is 68.4 Å². The monoisotopic (exact) mass is 665 g/mol. The summed E-state index contributed by atoms with van der Waals surface area (Å²) < 4.78 is 17.9. The Hall–Kier alpha value is -4.15. The molecule has 4 heterocycles. The number of fused-ring (bicyclic) bond motifs is 8. The van der Waals surface area contributed by atoms with Crippen molar-refractivity contribution in [1.29, 1.82) is 0 Å². The second-order valence-corrected chi connectivity index (χ2v) is 14.2. The molecule has 8 bridgehead atoms. The molecule has 10 heteroatoms. The third-order valence-corrected chi connectivity index (χ3v) is 11.2. The zero-order valence-electron chi connectivity index (χ0n) is 27.7. The highest BCUT2D eigenvalue weighted by Crippen LogP contribution is 2.41. The standard InChI is InChI=1S/C37H39N5O3S2/c1-22-13-14-30-29-12-9-15-45-32-18-27(16-24-10-7-8-11-28(24)32)47-20-26-17-25(39-41(26)4)19-46-21-31-34(23(2)38-42(31)5)33(22)35(30)40(3)36(29)37(43)44-6/h7-8,10-11,13-14,16-18H,9,12,15,19-21H2,1-6H3. The zero-order valence-corrected chi connectivity index (χ0v) is 29.3. The summed E-state index contributed by atoms with van der Waals surface area (Å²) in [7, 11) is 7.48. The van der Waals surface area contributed by atoms with Gasteiger partial charge < -0.3 is 14.0 Å². The van der Waals surface area contributed by atoms with Crippen LogP contribution in [0.15, 0.2) is 59.5 Å². The maximum Gasteiger partial charge on any atom is 0.354 e. The van der Waals surface area contributed by atoms with E-state index >= 15 is 0 Å². The molecule has 242 valence electrons. The minimum atomic E-state index is -0.332. The van der Waals surface area contributed by atoms with E-state index in [4.69, 9.17) is 19.7 Å². The Morgan fingerprint density at radius 3 is 2.57 bits per heavy atom. The lowest BCUT2D eigenvalue weighted by molar-refractivity contribution is 0.0589. The van der Waals surface area contributed by atoms with E-state index in [9.17, 15) is 4.79 Å². The smallest absolute Gasteiger partial charge is 0.354 e. The predicted molar refractivity (Wildman–Crippen MR) is 191 cm³/mol. The van der Waals surface area contributed by atoms with Gasteiger partial charge in [-0.1, -0.05) is 36.4 Å². The highest BCUT2D eigenvalue weighted by atomic mass is 32.2. The quantitative estimate of drug-likeness (QED) is 0.165. The number of rotatable bonds is 1. The summed E-state index contributed by atoms with van der Waals surface area (Å²) in [6, 6.07) is 19.3. The Morgan fingerprint density at radius 1 is 0.915 bits per heavy atom. The highest BCUT2D eigenvalue weighted by molar-refractivity contribution is 7.98. The van der Waals surface area contributed by atoms with Gasteiger partial charge in [0.1, 0.15) is 11.4 Å². The summed E-state index contributed by atoms with van der Waals surface area (Å²) in [5, 5.41) is 13.1. The second-order valence-electron chi connectivity index (χ2n) is 12.2. The first kappa shape index (κ1) is 31.4. The van der Waals surface area contributed by atoms with Gasteiger partial charge in [0.15, 0.2) is 0 Å². The Kier molecular flexibility index (Phi) is 8.57. The molecule has 0 spiro atoms. The molecular formula is C37H39N5O3S2. The van der Waals surface area contributed by atoms with E-state index in [0.717, 1.165) is 95.3 Å². The number of benzene rings is 3. The fraction of sp³-hybridized carbons (Fsp3) is 0.324. The molecule has 6 aromatic rings. The van der Waals surface area contributed by atoms with Crippen LogP contribution in [0.2, 0.25) is 0 Å². The third kappa shape index (κ3) is 5.71. The number of ether oxygens (including phenoxy) is 2. The van der Waals surface area contributed by atoms with Crippen molar-refractivity contribution in [3.63, 3.8) is 0 Å². The maximum atomic E-state index is 13.3. The fourth-order valence-corrected chi connectivity index (χ4v) is 8.88. The van der Waals surface area contributed by atoms with Crippen LogP contribution in [0.4, 0.5) is 0 Å². The Balaban J connectivity index is 1.37. The summed E-state index contributed by atoms with van der Waals surface area (Å²) in [6.45, 7) is 4.73. The number of carbonyl (C=O) groups is 1. The van der Waals surface area contributed by atoms with Crippen LogP contribution in [-0.2, 0) is 49.6 Å². The van der Waals surface area contributed by atoms with Gasteiger partial charge in [-0.3, -0.25) is 9.36 Å². The number of hydrogen-bond acceptors (Lipinski definition) is 7. The van der Waals surface area contributed by atoms with Crippen molar-refractivity contribution in [2.45, 2.75) is 48.8 Å². The molecule has 1 aliphatic heterocycles. The summed E-state index contributed by atoms with van der Waals surface area (Å²) in [5.41, 5.74) is 10.4. The molecule has 7 rings (SSSR count). The van der Waals surface area contributed by atoms with Gasteiger partial charge >= 0.3 is 5.97 Å².